The summed E-state index contributed by atoms with van der Waals surface area (Å²) in [6.07, 6.45) is 3.82. The molecule has 0 bridgehead atoms. The summed E-state index contributed by atoms with van der Waals surface area (Å²) in [6.45, 7) is 3.98. The lowest BCUT2D eigenvalue weighted by atomic mass is 9.93. The van der Waals surface area contributed by atoms with Crippen molar-refractivity contribution in [3.05, 3.63) is 23.8 Å². The molecule has 0 saturated heterocycles. The van der Waals surface area contributed by atoms with Gasteiger partial charge in [-0.2, -0.15) is 0 Å². The van der Waals surface area contributed by atoms with Crippen LogP contribution in [-0.4, -0.2) is 37.3 Å². The van der Waals surface area contributed by atoms with E-state index in [1.165, 1.54) is 24.8 Å². The number of benzene rings is 1. The van der Waals surface area contributed by atoms with Gasteiger partial charge in [-0.1, -0.05) is 6.07 Å². The first-order valence-electron chi connectivity index (χ1n) is 7.67. The van der Waals surface area contributed by atoms with E-state index in [4.69, 9.17) is 9.47 Å². The molecule has 1 aromatic carbocycles. The van der Waals surface area contributed by atoms with Crippen LogP contribution >= 0.6 is 0 Å². The Kier molecular flexibility index (Phi) is 4.18. The van der Waals surface area contributed by atoms with Gasteiger partial charge in [0.2, 0.25) is 6.79 Å². The van der Waals surface area contributed by atoms with Crippen LogP contribution in [-0.2, 0) is 6.54 Å². The number of rotatable bonds is 4. The van der Waals surface area contributed by atoms with Crippen LogP contribution in [0.1, 0.15) is 31.7 Å². The van der Waals surface area contributed by atoms with E-state index in [-0.39, 0.29) is 0 Å². The maximum atomic E-state index is 5.43. The molecule has 1 fully saturated rings. The standard InChI is InChI=1S/C16H23N3O2/c1-3-17-16(18-13-5-4-6-13)19(2)10-12-7-8-14-15(9-12)21-11-20-14/h7-9,13H,3-6,10-11H2,1-2H3,(H,17,18). The number of hydrogen-bond donors (Lipinski definition) is 1. The van der Waals surface area contributed by atoms with Crippen LogP contribution in [0, 0.1) is 0 Å². The molecule has 1 aliphatic carbocycles. The predicted molar refractivity (Wildman–Crippen MR) is 82.8 cm³/mol. The molecular weight excluding hydrogens is 266 g/mol. The number of ether oxygens (including phenoxy) is 2. The summed E-state index contributed by atoms with van der Waals surface area (Å²) < 4.78 is 10.8. The monoisotopic (exact) mass is 289 g/mol. The van der Waals surface area contributed by atoms with Gasteiger partial charge < -0.3 is 19.7 Å². The molecule has 5 heteroatoms. The number of guanidine groups is 1. The SMILES string of the molecule is CCN=C(NC1CCC1)N(C)Cc1ccc2c(c1)OCO2. The van der Waals surface area contributed by atoms with Gasteiger partial charge in [0.1, 0.15) is 0 Å². The minimum Gasteiger partial charge on any atom is -0.454 e. The average molecular weight is 289 g/mol. The zero-order valence-electron chi connectivity index (χ0n) is 12.8. The molecule has 0 radical (unpaired) electrons. The molecule has 114 valence electrons. The molecule has 21 heavy (non-hydrogen) atoms. The van der Waals surface area contributed by atoms with Crippen molar-refractivity contribution in [1.82, 2.24) is 10.2 Å². The summed E-state index contributed by atoms with van der Waals surface area (Å²) in [6, 6.07) is 6.69. The first-order chi connectivity index (χ1) is 10.3. The van der Waals surface area contributed by atoms with Gasteiger partial charge >= 0.3 is 0 Å². The zero-order chi connectivity index (χ0) is 14.7. The highest BCUT2D eigenvalue weighted by Crippen LogP contribution is 2.32. The van der Waals surface area contributed by atoms with Crippen molar-refractivity contribution < 1.29 is 9.47 Å². The first kappa shape index (κ1) is 14.0. The number of fused-ring (bicyclic) bond motifs is 1. The van der Waals surface area contributed by atoms with Crippen molar-refractivity contribution in [2.75, 3.05) is 20.4 Å². The van der Waals surface area contributed by atoms with Crippen LogP contribution in [0.3, 0.4) is 0 Å². The molecule has 0 unspecified atom stereocenters. The summed E-state index contributed by atoms with van der Waals surface area (Å²) in [5.74, 6) is 2.65. The van der Waals surface area contributed by atoms with Crippen molar-refractivity contribution in [2.45, 2.75) is 38.8 Å². The third kappa shape index (κ3) is 3.23. The maximum absolute atomic E-state index is 5.43. The highest BCUT2D eigenvalue weighted by atomic mass is 16.7. The number of hydrogen-bond acceptors (Lipinski definition) is 3. The fourth-order valence-electron chi connectivity index (χ4n) is 2.55. The topological polar surface area (TPSA) is 46.1 Å². The Labute approximate surface area is 126 Å². The van der Waals surface area contributed by atoms with Crippen LogP contribution in [0.2, 0.25) is 0 Å². The molecule has 5 nitrogen and oxygen atoms in total. The Morgan fingerprint density at radius 3 is 2.86 bits per heavy atom. The molecular formula is C16H23N3O2. The average Bonchev–Trinajstić information content (AvgIpc) is 2.88. The maximum Gasteiger partial charge on any atom is 0.231 e. The van der Waals surface area contributed by atoms with Crippen LogP contribution in [0.4, 0.5) is 0 Å². The van der Waals surface area contributed by atoms with Crippen molar-refractivity contribution in [3.63, 3.8) is 0 Å². The summed E-state index contributed by atoms with van der Waals surface area (Å²) in [4.78, 5) is 6.76. The lowest BCUT2D eigenvalue weighted by molar-refractivity contribution is 0.174. The molecule has 1 saturated carbocycles. The first-order valence-corrected chi connectivity index (χ1v) is 7.67. The highest BCUT2D eigenvalue weighted by molar-refractivity contribution is 5.80. The Bertz CT molecular complexity index is 526. The van der Waals surface area contributed by atoms with Gasteiger partial charge in [0.25, 0.3) is 0 Å². The van der Waals surface area contributed by atoms with Crippen LogP contribution < -0.4 is 14.8 Å². The van der Waals surface area contributed by atoms with Crippen LogP contribution in [0.25, 0.3) is 0 Å². The Morgan fingerprint density at radius 1 is 1.33 bits per heavy atom. The predicted octanol–water partition coefficient (Wildman–Crippen LogP) is 2.37. The van der Waals surface area contributed by atoms with Crippen molar-refractivity contribution in [1.29, 1.82) is 0 Å². The molecule has 1 N–H and O–H groups in total. The van der Waals surface area contributed by atoms with E-state index in [0.717, 1.165) is 30.5 Å². The van der Waals surface area contributed by atoms with Gasteiger partial charge in [-0.05, 0) is 43.9 Å². The fraction of sp³-hybridized carbons (Fsp3) is 0.562. The van der Waals surface area contributed by atoms with Crippen molar-refractivity contribution in [3.8, 4) is 11.5 Å². The Hall–Kier alpha value is -1.91. The van der Waals surface area contributed by atoms with E-state index >= 15 is 0 Å². The summed E-state index contributed by atoms with van der Waals surface area (Å²) in [7, 11) is 2.07. The lowest BCUT2D eigenvalue weighted by Crippen LogP contribution is -2.46. The van der Waals surface area contributed by atoms with E-state index in [2.05, 4.69) is 35.2 Å². The van der Waals surface area contributed by atoms with Crippen molar-refractivity contribution in [2.24, 2.45) is 4.99 Å². The molecule has 3 rings (SSSR count). The fourth-order valence-corrected chi connectivity index (χ4v) is 2.55. The quantitative estimate of drug-likeness (QED) is 0.683. The van der Waals surface area contributed by atoms with E-state index in [1.807, 2.05) is 12.1 Å². The highest BCUT2D eigenvalue weighted by Gasteiger charge is 2.20. The molecule has 0 amide bonds. The minimum absolute atomic E-state index is 0.320. The second-order valence-electron chi connectivity index (χ2n) is 5.61. The Balaban J connectivity index is 1.65. The van der Waals surface area contributed by atoms with E-state index in [1.54, 1.807) is 0 Å². The molecule has 0 atom stereocenters. The van der Waals surface area contributed by atoms with Crippen LogP contribution in [0.15, 0.2) is 23.2 Å². The number of nitrogens with one attached hydrogen (secondary N) is 1. The molecule has 1 aliphatic heterocycles. The molecule has 2 aliphatic rings. The molecule has 1 aromatic rings. The third-order valence-corrected chi connectivity index (χ3v) is 3.96. The smallest absolute Gasteiger partial charge is 0.231 e. The van der Waals surface area contributed by atoms with Gasteiger partial charge in [0.05, 0.1) is 0 Å². The second-order valence-corrected chi connectivity index (χ2v) is 5.61. The van der Waals surface area contributed by atoms with E-state index in [0.29, 0.717) is 12.8 Å². The van der Waals surface area contributed by atoms with Gasteiger partial charge in [0.15, 0.2) is 17.5 Å². The molecule has 0 spiro atoms. The summed E-state index contributed by atoms with van der Waals surface area (Å²) in [5.41, 5.74) is 1.20. The van der Waals surface area contributed by atoms with Gasteiger partial charge in [-0.15, -0.1) is 0 Å². The number of aliphatic imine (C=N–C) groups is 1. The largest absolute Gasteiger partial charge is 0.454 e. The number of nitrogens with zero attached hydrogens (tertiary/aromatic N) is 2. The second kappa shape index (κ2) is 6.24. The normalized spacial score (nSPS) is 17.5. The van der Waals surface area contributed by atoms with E-state index < -0.39 is 0 Å². The third-order valence-electron chi connectivity index (χ3n) is 3.96. The van der Waals surface area contributed by atoms with Gasteiger partial charge in [0, 0.05) is 26.2 Å². The van der Waals surface area contributed by atoms with Crippen LogP contribution in [0.5, 0.6) is 11.5 Å². The molecule has 1 heterocycles. The van der Waals surface area contributed by atoms with Gasteiger partial charge in [-0.3, -0.25) is 4.99 Å². The zero-order valence-corrected chi connectivity index (χ0v) is 12.8. The minimum atomic E-state index is 0.320. The van der Waals surface area contributed by atoms with Gasteiger partial charge in [-0.25, -0.2) is 0 Å². The lowest BCUT2D eigenvalue weighted by Gasteiger charge is -2.31. The summed E-state index contributed by atoms with van der Waals surface area (Å²) in [5, 5.41) is 3.55. The Morgan fingerprint density at radius 2 is 2.14 bits per heavy atom. The van der Waals surface area contributed by atoms with Crippen molar-refractivity contribution >= 4 is 5.96 Å². The summed E-state index contributed by atoms with van der Waals surface area (Å²) >= 11 is 0. The van der Waals surface area contributed by atoms with E-state index in [9.17, 15) is 0 Å². The molecule has 0 aromatic heterocycles.